The van der Waals surface area contributed by atoms with E-state index in [0.717, 1.165) is 11.1 Å². The summed E-state index contributed by atoms with van der Waals surface area (Å²) in [6.07, 6.45) is 0. The molecule has 0 bridgehead atoms. The van der Waals surface area contributed by atoms with E-state index in [2.05, 4.69) is 5.43 Å². The third-order valence-electron chi connectivity index (χ3n) is 2.94. The first-order chi connectivity index (χ1) is 8.63. The Labute approximate surface area is 111 Å². The lowest BCUT2D eigenvalue weighted by Gasteiger charge is -2.19. The Balaban J connectivity index is 2.52. The summed E-state index contributed by atoms with van der Waals surface area (Å²) in [5, 5.41) is 0.486. The summed E-state index contributed by atoms with van der Waals surface area (Å²) >= 11 is 5.91. The zero-order valence-electron chi connectivity index (χ0n) is 9.95. The molecular weight excluding hydrogens is 251 g/mol. The normalized spacial score (nSPS) is 12.4. The second-order valence-corrected chi connectivity index (χ2v) is 4.56. The Bertz CT molecular complexity index is 557. The number of aryl methyl sites for hydroxylation is 1. The Morgan fingerprint density at radius 3 is 2.56 bits per heavy atom. The Hall–Kier alpha value is -1.42. The van der Waals surface area contributed by atoms with Crippen molar-refractivity contribution in [2.24, 2.45) is 5.84 Å². The predicted octanol–water partition coefficient (Wildman–Crippen LogP) is 3.34. The maximum atomic E-state index is 13.9. The number of hydrogen-bond donors (Lipinski definition) is 2. The molecule has 2 rings (SSSR count). The van der Waals surface area contributed by atoms with Crippen molar-refractivity contribution in [3.8, 4) is 0 Å². The van der Waals surface area contributed by atoms with E-state index in [-0.39, 0.29) is 5.82 Å². The third kappa shape index (κ3) is 2.53. The van der Waals surface area contributed by atoms with Crippen LogP contribution in [0.4, 0.5) is 4.39 Å². The Morgan fingerprint density at radius 1 is 1.17 bits per heavy atom. The van der Waals surface area contributed by atoms with E-state index in [1.807, 2.05) is 31.2 Å². The summed E-state index contributed by atoms with van der Waals surface area (Å²) in [6, 6.07) is 11.8. The van der Waals surface area contributed by atoms with Gasteiger partial charge >= 0.3 is 0 Å². The molecule has 0 fully saturated rings. The van der Waals surface area contributed by atoms with Crippen molar-refractivity contribution in [2.75, 3.05) is 0 Å². The van der Waals surface area contributed by atoms with E-state index >= 15 is 0 Å². The molecule has 1 atom stereocenters. The van der Waals surface area contributed by atoms with Gasteiger partial charge in [-0.25, -0.2) is 9.82 Å². The van der Waals surface area contributed by atoms with Crippen LogP contribution in [-0.4, -0.2) is 0 Å². The molecule has 2 aromatic carbocycles. The van der Waals surface area contributed by atoms with Gasteiger partial charge < -0.3 is 0 Å². The topological polar surface area (TPSA) is 38.0 Å². The van der Waals surface area contributed by atoms with Gasteiger partial charge in [0.25, 0.3) is 0 Å². The molecule has 0 aliphatic carbocycles. The predicted molar refractivity (Wildman–Crippen MR) is 71.8 cm³/mol. The smallest absolute Gasteiger partial charge is 0.128 e. The van der Waals surface area contributed by atoms with Gasteiger partial charge in [0, 0.05) is 10.6 Å². The van der Waals surface area contributed by atoms with Gasteiger partial charge in [-0.2, -0.15) is 0 Å². The Kier molecular flexibility index (Phi) is 3.97. The number of hydrogen-bond acceptors (Lipinski definition) is 2. The van der Waals surface area contributed by atoms with Gasteiger partial charge in [-0.05, 0) is 36.2 Å². The van der Waals surface area contributed by atoms with Crippen LogP contribution in [0.2, 0.25) is 5.02 Å². The second kappa shape index (κ2) is 5.48. The van der Waals surface area contributed by atoms with E-state index < -0.39 is 6.04 Å². The van der Waals surface area contributed by atoms with Crippen molar-refractivity contribution in [3.63, 3.8) is 0 Å². The minimum atomic E-state index is -0.412. The van der Waals surface area contributed by atoms with Gasteiger partial charge in [-0.1, -0.05) is 35.9 Å². The number of nitrogens with one attached hydrogen (secondary N) is 1. The fourth-order valence-electron chi connectivity index (χ4n) is 1.99. The van der Waals surface area contributed by atoms with Crippen LogP contribution in [0.1, 0.15) is 22.7 Å². The third-order valence-corrected chi connectivity index (χ3v) is 3.17. The van der Waals surface area contributed by atoms with E-state index in [0.29, 0.717) is 10.6 Å². The van der Waals surface area contributed by atoms with Gasteiger partial charge in [0.1, 0.15) is 5.82 Å². The average Bonchev–Trinajstić information content (AvgIpc) is 2.36. The quantitative estimate of drug-likeness (QED) is 0.659. The van der Waals surface area contributed by atoms with Crippen molar-refractivity contribution in [2.45, 2.75) is 13.0 Å². The first kappa shape index (κ1) is 13.0. The lowest BCUT2D eigenvalue weighted by Crippen LogP contribution is -2.30. The number of nitrogens with two attached hydrogens (primary N) is 1. The van der Waals surface area contributed by atoms with Gasteiger partial charge in [0.05, 0.1) is 6.04 Å². The summed E-state index contributed by atoms with van der Waals surface area (Å²) in [7, 11) is 0. The molecule has 0 aliphatic heterocycles. The second-order valence-electron chi connectivity index (χ2n) is 4.12. The summed E-state index contributed by atoms with van der Waals surface area (Å²) < 4.78 is 13.9. The zero-order chi connectivity index (χ0) is 13.1. The summed E-state index contributed by atoms with van der Waals surface area (Å²) in [5.41, 5.74) is 5.06. The first-order valence-corrected chi connectivity index (χ1v) is 5.98. The van der Waals surface area contributed by atoms with Gasteiger partial charge in [-0.15, -0.1) is 0 Å². The fourth-order valence-corrected chi connectivity index (χ4v) is 2.17. The maximum absolute atomic E-state index is 13.9. The molecule has 0 saturated heterocycles. The number of rotatable bonds is 3. The van der Waals surface area contributed by atoms with E-state index in [4.69, 9.17) is 17.4 Å². The van der Waals surface area contributed by atoms with Crippen LogP contribution in [0.5, 0.6) is 0 Å². The largest absolute Gasteiger partial charge is 0.271 e. The monoisotopic (exact) mass is 264 g/mol. The molecule has 0 heterocycles. The SMILES string of the molecule is Cc1ccccc1C(NN)c1cc(Cl)ccc1F. The minimum Gasteiger partial charge on any atom is -0.271 e. The average molecular weight is 265 g/mol. The lowest BCUT2D eigenvalue weighted by atomic mass is 9.95. The van der Waals surface area contributed by atoms with E-state index in [1.165, 1.54) is 12.1 Å². The molecule has 0 aromatic heterocycles. The molecular formula is C14H14ClFN2. The molecule has 0 amide bonds. The number of hydrazine groups is 1. The van der Waals surface area contributed by atoms with E-state index in [9.17, 15) is 4.39 Å². The van der Waals surface area contributed by atoms with Gasteiger partial charge in [0.2, 0.25) is 0 Å². The van der Waals surface area contributed by atoms with Crippen LogP contribution in [-0.2, 0) is 0 Å². The molecule has 2 aromatic rings. The first-order valence-electron chi connectivity index (χ1n) is 5.60. The summed E-state index contributed by atoms with van der Waals surface area (Å²) in [4.78, 5) is 0. The van der Waals surface area contributed by atoms with Crippen molar-refractivity contribution in [1.29, 1.82) is 0 Å². The molecule has 1 unspecified atom stereocenters. The maximum Gasteiger partial charge on any atom is 0.128 e. The van der Waals surface area contributed by atoms with Crippen LogP contribution >= 0.6 is 11.6 Å². The molecule has 94 valence electrons. The lowest BCUT2D eigenvalue weighted by molar-refractivity contribution is 0.559. The number of benzene rings is 2. The van der Waals surface area contributed by atoms with Gasteiger partial charge in [0.15, 0.2) is 0 Å². The van der Waals surface area contributed by atoms with Crippen molar-refractivity contribution in [3.05, 3.63) is 70.0 Å². The standard InChI is InChI=1S/C14H14ClFN2/c1-9-4-2-3-5-11(9)14(18-17)12-8-10(15)6-7-13(12)16/h2-8,14,18H,17H2,1H3. The van der Waals surface area contributed by atoms with Crippen LogP contribution in [0.3, 0.4) is 0 Å². The van der Waals surface area contributed by atoms with Crippen LogP contribution in [0, 0.1) is 12.7 Å². The van der Waals surface area contributed by atoms with Crippen molar-refractivity contribution >= 4 is 11.6 Å². The summed E-state index contributed by atoms with van der Waals surface area (Å²) in [6.45, 7) is 1.96. The Morgan fingerprint density at radius 2 is 1.89 bits per heavy atom. The molecule has 0 aliphatic rings. The van der Waals surface area contributed by atoms with E-state index in [1.54, 1.807) is 6.07 Å². The fraction of sp³-hybridized carbons (Fsp3) is 0.143. The zero-order valence-corrected chi connectivity index (χ0v) is 10.7. The summed E-state index contributed by atoms with van der Waals surface area (Å²) in [5.74, 6) is 5.24. The molecule has 0 spiro atoms. The molecule has 0 saturated carbocycles. The van der Waals surface area contributed by atoms with Crippen LogP contribution < -0.4 is 11.3 Å². The minimum absolute atomic E-state index is 0.328. The van der Waals surface area contributed by atoms with Crippen LogP contribution in [0.25, 0.3) is 0 Å². The highest BCUT2D eigenvalue weighted by molar-refractivity contribution is 6.30. The highest BCUT2D eigenvalue weighted by Crippen LogP contribution is 2.28. The van der Waals surface area contributed by atoms with Crippen LogP contribution in [0.15, 0.2) is 42.5 Å². The van der Waals surface area contributed by atoms with Gasteiger partial charge in [-0.3, -0.25) is 5.84 Å². The molecule has 2 nitrogen and oxygen atoms in total. The molecule has 4 heteroatoms. The molecule has 0 radical (unpaired) electrons. The number of halogens is 2. The van der Waals surface area contributed by atoms with Crippen molar-refractivity contribution in [1.82, 2.24) is 5.43 Å². The highest BCUT2D eigenvalue weighted by atomic mass is 35.5. The highest BCUT2D eigenvalue weighted by Gasteiger charge is 2.18. The molecule has 18 heavy (non-hydrogen) atoms. The molecule has 3 N–H and O–H groups in total. The van der Waals surface area contributed by atoms with Crippen molar-refractivity contribution < 1.29 is 4.39 Å².